The van der Waals surface area contributed by atoms with Crippen molar-refractivity contribution in [2.75, 3.05) is 26.3 Å². The maximum Gasteiger partial charge on any atom is 0.226 e. The standard InChI is InChI=1S/C16H25NO3/c1-2-19-14-10-16(20-11-14)8-5-9-17(12-16)15(18)13-6-3-4-7-13/h3-4,13-14H,2,5-12H2,1H3/t14-,16-/m0/s1. The fourth-order valence-corrected chi connectivity index (χ4v) is 3.79. The minimum atomic E-state index is -0.139. The van der Waals surface area contributed by atoms with Crippen LogP contribution in [0.4, 0.5) is 0 Å². The van der Waals surface area contributed by atoms with Gasteiger partial charge in [0.05, 0.1) is 18.3 Å². The van der Waals surface area contributed by atoms with Gasteiger partial charge in [0.2, 0.25) is 5.91 Å². The number of nitrogens with zero attached hydrogens (tertiary/aromatic N) is 1. The second kappa shape index (κ2) is 5.86. The zero-order valence-electron chi connectivity index (χ0n) is 12.3. The largest absolute Gasteiger partial charge is 0.376 e. The molecule has 0 radical (unpaired) electrons. The second-order valence-electron chi connectivity index (χ2n) is 6.28. The summed E-state index contributed by atoms with van der Waals surface area (Å²) in [5.74, 6) is 0.492. The van der Waals surface area contributed by atoms with Gasteiger partial charge in [0.15, 0.2) is 0 Å². The van der Waals surface area contributed by atoms with Crippen LogP contribution in [0.3, 0.4) is 0 Å². The molecule has 0 saturated carbocycles. The van der Waals surface area contributed by atoms with Crippen molar-refractivity contribution < 1.29 is 14.3 Å². The Bertz CT molecular complexity index is 387. The highest BCUT2D eigenvalue weighted by molar-refractivity contribution is 5.79. The van der Waals surface area contributed by atoms with E-state index in [1.54, 1.807) is 0 Å². The van der Waals surface area contributed by atoms with Crippen LogP contribution in [-0.2, 0) is 14.3 Å². The van der Waals surface area contributed by atoms with Crippen LogP contribution in [0.5, 0.6) is 0 Å². The molecule has 0 aromatic heterocycles. The van der Waals surface area contributed by atoms with Crippen LogP contribution in [0.2, 0.25) is 0 Å². The molecule has 0 unspecified atom stereocenters. The van der Waals surface area contributed by atoms with E-state index in [4.69, 9.17) is 9.47 Å². The highest BCUT2D eigenvalue weighted by Gasteiger charge is 2.45. The highest BCUT2D eigenvalue weighted by atomic mass is 16.6. The number of likely N-dealkylation sites (tertiary alicyclic amines) is 1. The number of hydrogen-bond acceptors (Lipinski definition) is 3. The maximum absolute atomic E-state index is 12.5. The van der Waals surface area contributed by atoms with E-state index in [1.165, 1.54) is 0 Å². The van der Waals surface area contributed by atoms with Crippen LogP contribution in [0.15, 0.2) is 12.2 Å². The lowest BCUT2D eigenvalue weighted by atomic mass is 9.88. The lowest BCUT2D eigenvalue weighted by Crippen LogP contribution is -2.51. The lowest BCUT2D eigenvalue weighted by Gasteiger charge is -2.40. The Balaban J connectivity index is 1.60. The molecule has 2 atom stereocenters. The quantitative estimate of drug-likeness (QED) is 0.743. The summed E-state index contributed by atoms with van der Waals surface area (Å²) in [5.41, 5.74) is -0.139. The fraction of sp³-hybridized carbons (Fsp3) is 0.812. The zero-order chi connectivity index (χ0) is 14.0. The second-order valence-corrected chi connectivity index (χ2v) is 6.28. The van der Waals surface area contributed by atoms with E-state index in [0.717, 1.165) is 51.8 Å². The topological polar surface area (TPSA) is 38.8 Å². The predicted molar refractivity (Wildman–Crippen MR) is 76.4 cm³/mol. The number of carbonyl (C=O) groups excluding carboxylic acids is 1. The zero-order valence-corrected chi connectivity index (χ0v) is 12.3. The number of piperidine rings is 1. The van der Waals surface area contributed by atoms with Crippen LogP contribution in [0.1, 0.15) is 39.0 Å². The molecule has 0 N–H and O–H groups in total. The van der Waals surface area contributed by atoms with Gasteiger partial charge in [-0.05, 0) is 32.6 Å². The number of carbonyl (C=O) groups is 1. The molecule has 1 aliphatic carbocycles. The van der Waals surface area contributed by atoms with E-state index in [-0.39, 0.29) is 17.6 Å². The molecule has 3 rings (SSSR count). The van der Waals surface area contributed by atoms with Crippen molar-refractivity contribution >= 4 is 5.91 Å². The van der Waals surface area contributed by atoms with Crippen molar-refractivity contribution in [1.82, 2.24) is 4.90 Å². The molecule has 0 aromatic carbocycles. The van der Waals surface area contributed by atoms with Crippen LogP contribution >= 0.6 is 0 Å². The molecule has 2 saturated heterocycles. The van der Waals surface area contributed by atoms with Gasteiger partial charge >= 0.3 is 0 Å². The molecule has 2 heterocycles. The molecule has 0 bridgehead atoms. The summed E-state index contributed by atoms with van der Waals surface area (Å²) in [5, 5.41) is 0. The van der Waals surface area contributed by atoms with Crippen LogP contribution < -0.4 is 0 Å². The van der Waals surface area contributed by atoms with Gasteiger partial charge in [0, 0.05) is 32.0 Å². The van der Waals surface area contributed by atoms with Gasteiger partial charge in [0.1, 0.15) is 0 Å². The Morgan fingerprint density at radius 3 is 3.00 bits per heavy atom. The molecule has 1 spiro atoms. The van der Waals surface area contributed by atoms with E-state index in [2.05, 4.69) is 12.2 Å². The van der Waals surface area contributed by atoms with E-state index in [0.29, 0.717) is 12.5 Å². The Kier molecular flexibility index (Phi) is 4.13. The molecule has 112 valence electrons. The SMILES string of the molecule is CCO[C@@H]1CO[C@@]2(CCCN(C(=O)C3CC=CC3)C2)C1. The van der Waals surface area contributed by atoms with Gasteiger partial charge in [0.25, 0.3) is 0 Å². The van der Waals surface area contributed by atoms with Gasteiger partial charge in [-0.15, -0.1) is 0 Å². The van der Waals surface area contributed by atoms with Gasteiger partial charge in [-0.3, -0.25) is 4.79 Å². The van der Waals surface area contributed by atoms with Crippen molar-refractivity contribution in [2.45, 2.75) is 50.7 Å². The fourth-order valence-electron chi connectivity index (χ4n) is 3.79. The third kappa shape index (κ3) is 2.77. The smallest absolute Gasteiger partial charge is 0.226 e. The van der Waals surface area contributed by atoms with Crippen LogP contribution in [-0.4, -0.2) is 48.8 Å². The van der Waals surface area contributed by atoms with E-state index >= 15 is 0 Å². The molecule has 20 heavy (non-hydrogen) atoms. The Morgan fingerprint density at radius 2 is 2.25 bits per heavy atom. The summed E-state index contributed by atoms with van der Waals surface area (Å²) in [6.45, 7) is 5.09. The normalized spacial score (nSPS) is 34.2. The average Bonchev–Trinajstić information content (AvgIpc) is 3.09. The summed E-state index contributed by atoms with van der Waals surface area (Å²) >= 11 is 0. The first-order valence-electron chi connectivity index (χ1n) is 7.92. The third-order valence-electron chi connectivity index (χ3n) is 4.79. The molecule has 3 aliphatic rings. The predicted octanol–water partition coefficient (Wildman–Crippen LogP) is 2.14. The molecule has 2 fully saturated rings. The molecule has 4 nitrogen and oxygen atoms in total. The van der Waals surface area contributed by atoms with Gasteiger partial charge < -0.3 is 14.4 Å². The van der Waals surface area contributed by atoms with Crippen molar-refractivity contribution in [3.63, 3.8) is 0 Å². The Morgan fingerprint density at radius 1 is 1.45 bits per heavy atom. The van der Waals surface area contributed by atoms with Crippen molar-refractivity contribution in [1.29, 1.82) is 0 Å². The highest BCUT2D eigenvalue weighted by Crippen LogP contribution is 2.36. The van der Waals surface area contributed by atoms with Crippen LogP contribution in [0, 0.1) is 5.92 Å². The minimum Gasteiger partial charge on any atom is -0.376 e. The lowest BCUT2D eigenvalue weighted by molar-refractivity contribution is -0.143. The average molecular weight is 279 g/mol. The first kappa shape index (κ1) is 14.1. The number of hydrogen-bond donors (Lipinski definition) is 0. The van der Waals surface area contributed by atoms with E-state index in [1.807, 2.05) is 11.8 Å². The molecule has 0 aromatic rings. The maximum atomic E-state index is 12.5. The molecule has 1 amide bonds. The monoisotopic (exact) mass is 279 g/mol. The molecule has 2 aliphatic heterocycles. The summed E-state index contributed by atoms with van der Waals surface area (Å²) in [4.78, 5) is 14.6. The van der Waals surface area contributed by atoms with Gasteiger partial charge in [-0.2, -0.15) is 0 Å². The Hall–Kier alpha value is -0.870. The first-order valence-corrected chi connectivity index (χ1v) is 7.92. The van der Waals surface area contributed by atoms with Crippen molar-refractivity contribution in [3.05, 3.63) is 12.2 Å². The molecule has 4 heteroatoms. The summed E-state index contributed by atoms with van der Waals surface area (Å²) < 4.78 is 11.7. The number of allylic oxidation sites excluding steroid dienone is 2. The number of rotatable bonds is 3. The van der Waals surface area contributed by atoms with Gasteiger partial charge in [-0.1, -0.05) is 12.2 Å². The van der Waals surface area contributed by atoms with Gasteiger partial charge in [-0.25, -0.2) is 0 Å². The van der Waals surface area contributed by atoms with Crippen molar-refractivity contribution in [2.24, 2.45) is 5.92 Å². The van der Waals surface area contributed by atoms with E-state index < -0.39 is 0 Å². The molecular formula is C16H25NO3. The van der Waals surface area contributed by atoms with Crippen LogP contribution in [0.25, 0.3) is 0 Å². The summed E-state index contributed by atoms with van der Waals surface area (Å²) in [7, 11) is 0. The number of amides is 1. The summed E-state index contributed by atoms with van der Waals surface area (Å²) in [6, 6.07) is 0. The summed E-state index contributed by atoms with van der Waals surface area (Å²) in [6.07, 6.45) is 9.32. The minimum absolute atomic E-state index is 0.139. The van der Waals surface area contributed by atoms with Crippen molar-refractivity contribution in [3.8, 4) is 0 Å². The first-order chi connectivity index (χ1) is 9.72. The Labute approximate surface area is 121 Å². The third-order valence-corrected chi connectivity index (χ3v) is 4.79. The number of ether oxygens (including phenoxy) is 2. The van der Waals surface area contributed by atoms with E-state index in [9.17, 15) is 4.79 Å². The molecular weight excluding hydrogens is 254 g/mol.